The number of nitrogens with zero attached hydrogens (tertiary/aromatic N) is 1. The lowest BCUT2D eigenvalue weighted by Crippen LogP contribution is -2.49. The average Bonchev–Trinajstić information content (AvgIpc) is 1.92. The van der Waals surface area contributed by atoms with E-state index in [1.165, 1.54) is 4.90 Å². The van der Waals surface area contributed by atoms with E-state index in [0.29, 0.717) is 12.5 Å². The van der Waals surface area contributed by atoms with Crippen molar-refractivity contribution in [1.29, 1.82) is 0 Å². The smallest absolute Gasteiger partial charge is 0.407 e. The molecular weight excluding hydrogens is 182 g/mol. The molecule has 1 rings (SSSR count). The number of aliphatic hydroxyl groups excluding tert-OH is 1. The predicted molar refractivity (Wildman–Crippen MR) is 53.2 cm³/mol. The molecule has 0 aromatic carbocycles. The molecule has 1 saturated carbocycles. The second-order valence-electron chi connectivity index (χ2n) is 5.06. The Hall–Kier alpha value is -0.770. The average molecular weight is 201 g/mol. The minimum Gasteiger partial charge on any atom is -0.465 e. The normalized spacial score (nSPS) is 26.9. The van der Waals surface area contributed by atoms with Gasteiger partial charge in [-0.1, -0.05) is 0 Å². The number of rotatable bonds is 2. The maximum Gasteiger partial charge on any atom is 0.407 e. The summed E-state index contributed by atoms with van der Waals surface area (Å²) in [5, 5.41) is 18.1. The van der Waals surface area contributed by atoms with Crippen LogP contribution in [0.3, 0.4) is 0 Å². The maximum atomic E-state index is 11.0. The first kappa shape index (κ1) is 11.3. The molecule has 1 aliphatic rings. The van der Waals surface area contributed by atoms with Gasteiger partial charge in [0.2, 0.25) is 0 Å². The SMILES string of the molecule is CC(C)(C)N(C[C@H]1C[C@H](O)C1)C(=O)O. The van der Waals surface area contributed by atoms with Gasteiger partial charge in [0, 0.05) is 12.1 Å². The van der Waals surface area contributed by atoms with E-state index in [2.05, 4.69) is 0 Å². The summed E-state index contributed by atoms with van der Waals surface area (Å²) in [7, 11) is 0. The Balaban J connectivity index is 2.49. The van der Waals surface area contributed by atoms with Crippen molar-refractivity contribution in [3.8, 4) is 0 Å². The van der Waals surface area contributed by atoms with Crippen molar-refractivity contribution in [2.24, 2.45) is 5.92 Å². The zero-order valence-electron chi connectivity index (χ0n) is 9.03. The molecule has 4 heteroatoms. The van der Waals surface area contributed by atoms with Crippen molar-refractivity contribution in [3.63, 3.8) is 0 Å². The molecule has 4 nitrogen and oxygen atoms in total. The van der Waals surface area contributed by atoms with Crippen LogP contribution in [-0.2, 0) is 0 Å². The summed E-state index contributed by atoms with van der Waals surface area (Å²) in [4.78, 5) is 12.4. The molecule has 0 aliphatic heterocycles. The van der Waals surface area contributed by atoms with Crippen LogP contribution in [0.5, 0.6) is 0 Å². The molecule has 82 valence electrons. The summed E-state index contributed by atoms with van der Waals surface area (Å²) in [6.45, 7) is 6.19. The van der Waals surface area contributed by atoms with Crippen LogP contribution < -0.4 is 0 Å². The molecule has 0 aromatic rings. The Labute approximate surface area is 84.5 Å². The van der Waals surface area contributed by atoms with Crippen molar-refractivity contribution in [2.75, 3.05) is 6.54 Å². The molecule has 0 heterocycles. The molecule has 0 radical (unpaired) electrons. The highest BCUT2D eigenvalue weighted by atomic mass is 16.4. The van der Waals surface area contributed by atoms with Gasteiger partial charge in [0.05, 0.1) is 6.10 Å². The zero-order valence-corrected chi connectivity index (χ0v) is 9.03. The highest BCUT2D eigenvalue weighted by molar-refractivity contribution is 5.66. The Bertz CT molecular complexity index is 216. The molecule has 0 aromatic heterocycles. The number of carboxylic acid groups (broad SMARTS) is 1. The van der Waals surface area contributed by atoms with Gasteiger partial charge in [0.15, 0.2) is 0 Å². The summed E-state index contributed by atoms with van der Waals surface area (Å²) >= 11 is 0. The van der Waals surface area contributed by atoms with Gasteiger partial charge < -0.3 is 15.1 Å². The van der Waals surface area contributed by atoms with E-state index in [9.17, 15) is 4.79 Å². The molecule has 1 aliphatic carbocycles. The quantitative estimate of drug-likeness (QED) is 0.712. The third kappa shape index (κ3) is 2.61. The van der Waals surface area contributed by atoms with Crippen LogP contribution in [0.2, 0.25) is 0 Å². The fourth-order valence-electron chi connectivity index (χ4n) is 1.75. The van der Waals surface area contributed by atoms with Gasteiger partial charge in [-0.05, 0) is 39.5 Å². The molecule has 0 unspecified atom stereocenters. The van der Waals surface area contributed by atoms with Crippen LogP contribution in [0.15, 0.2) is 0 Å². The Morgan fingerprint density at radius 2 is 1.93 bits per heavy atom. The highest BCUT2D eigenvalue weighted by Gasteiger charge is 2.34. The third-order valence-electron chi connectivity index (χ3n) is 2.69. The van der Waals surface area contributed by atoms with Gasteiger partial charge in [-0.3, -0.25) is 0 Å². The van der Waals surface area contributed by atoms with E-state index in [1.54, 1.807) is 0 Å². The lowest BCUT2D eigenvalue weighted by Gasteiger charge is -2.40. The highest BCUT2D eigenvalue weighted by Crippen LogP contribution is 2.29. The van der Waals surface area contributed by atoms with Crippen molar-refractivity contribution >= 4 is 6.09 Å². The Morgan fingerprint density at radius 1 is 1.43 bits per heavy atom. The van der Waals surface area contributed by atoms with Gasteiger partial charge in [-0.15, -0.1) is 0 Å². The lowest BCUT2D eigenvalue weighted by molar-refractivity contribution is 0.00967. The third-order valence-corrected chi connectivity index (χ3v) is 2.69. The van der Waals surface area contributed by atoms with Crippen LogP contribution >= 0.6 is 0 Å². The molecular formula is C10H19NO3. The van der Waals surface area contributed by atoms with Crippen LogP contribution in [0.4, 0.5) is 4.79 Å². The number of aliphatic hydroxyl groups is 1. The Morgan fingerprint density at radius 3 is 2.21 bits per heavy atom. The van der Waals surface area contributed by atoms with Crippen molar-refractivity contribution in [1.82, 2.24) is 4.90 Å². The summed E-state index contributed by atoms with van der Waals surface area (Å²) in [6.07, 6.45) is 0.384. The first-order valence-electron chi connectivity index (χ1n) is 4.99. The second-order valence-corrected chi connectivity index (χ2v) is 5.06. The fraction of sp³-hybridized carbons (Fsp3) is 0.900. The van der Waals surface area contributed by atoms with Gasteiger partial charge in [0.25, 0.3) is 0 Å². The van der Waals surface area contributed by atoms with E-state index < -0.39 is 6.09 Å². The number of hydrogen-bond acceptors (Lipinski definition) is 2. The standard InChI is InChI=1S/C10H19NO3/c1-10(2,3)11(9(13)14)6-7-4-8(12)5-7/h7-8,12H,4-6H2,1-3H3,(H,13,14)/t7-,8-. The Kier molecular flexibility index (Phi) is 3.04. The van der Waals surface area contributed by atoms with E-state index in [0.717, 1.165) is 12.8 Å². The molecule has 0 atom stereocenters. The lowest BCUT2D eigenvalue weighted by atomic mass is 9.81. The van der Waals surface area contributed by atoms with Crippen molar-refractivity contribution in [3.05, 3.63) is 0 Å². The predicted octanol–water partition coefficient (Wildman–Crippen LogP) is 1.54. The van der Waals surface area contributed by atoms with E-state index in [4.69, 9.17) is 10.2 Å². The summed E-state index contributed by atoms with van der Waals surface area (Å²) < 4.78 is 0. The van der Waals surface area contributed by atoms with E-state index in [-0.39, 0.29) is 11.6 Å². The maximum absolute atomic E-state index is 11.0. The first-order valence-corrected chi connectivity index (χ1v) is 4.99. The summed E-state index contributed by atoms with van der Waals surface area (Å²) in [5.74, 6) is 0.334. The van der Waals surface area contributed by atoms with Crippen molar-refractivity contribution in [2.45, 2.75) is 45.3 Å². The van der Waals surface area contributed by atoms with Crippen molar-refractivity contribution < 1.29 is 15.0 Å². The first-order chi connectivity index (χ1) is 6.30. The summed E-state index contributed by atoms with van der Waals surface area (Å²) in [5.41, 5.74) is -0.355. The van der Waals surface area contributed by atoms with E-state index in [1.807, 2.05) is 20.8 Å². The fourth-order valence-corrected chi connectivity index (χ4v) is 1.75. The van der Waals surface area contributed by atoms with Crippen LogP contribution in [0.25, 0.3) is 0 Å². The second kappa shape index (κ2) is 3.77. The van der Waals surface area contributed by atoms with Crippen LogP contribution in [0, 0.1) is 5.92 Å². The van der Waals surface area contributed by atoms with Gasteiger partial charge in [-0.25, -0.2) is 4.79 Å². The van der Waals surface area contributed by atoms with Gasteiger partial charge in [-0.2, -0.15) is 0 Å². The molecule has 1 amide bonds. The number of hydrogen-bond donors (Lipinski definition) is 2. The van der Waals surface area contributed by atoms with Gasteiger partial charge >= 0.3 is 6.09 Å². The van der Waals surface area contributed by atoms with Crippen LogP contribution in [0.1, 0.15) is 33.6 Å². The molecule has 1 fully saturated rings. The molecule has 14 heavy (non-hydrogen) atoms. The zero-order chi connectivity index (χ0) is 10.9. The monoisotopic (exact) mass is 201 g/mol. The van der Waals surface area contributed by atoms with E-state index >= 15 is 0 Å². The largest absolute Gasteiger partial charge is 0.465 e. The minimum absolute atomic E-state index is 0.212. The molecule has 0 spiro atoms. The minimum atomic E-state index is -0.876. The molecule has 2 N–H and O–H groups in total. The van der Waals surface area contributed by atoms with Crippen LogP contribution in [-0.4, -0.2) is 39.4 Å². The molecule has 0 bridgehead atoms. The summed E-state index contributed by atoms with van der Waals surface area (Å²) in [6, 6.07) is 0. The van der Waals surface area contributed by atoms with Gasteiger partial charge in [0.1, 0.15) is 0 Å². The molecule has 0 saturated heterocycles. The topological polar surface area (TPSA) is 60.8 Å². The number of amides is 1. The number of carbonyl (C=O) groups is 1.